The highest BCUT2D eigenvalue weighted by atomic mass is 16.9. The zero-order chi connectivity index (χ0) is 16.4. The first-order chi connectivity index (χ1) is 10.8. The topological polar surface area (TPSA) is 83.6 Å². The highest BCUT2D eigenvalue weighted by Crippen LogP contribution is 2.36. The smallest absolute Gasteiger partial charge is 0.272 e. The molecule has 2 unspecified atom stereocenters. The largest absolute Gasteiger partial charge is 0.390 e. The second-order valence-electron chi connectivity index (χ2n) is 7.13. The molecule has 0 saturated carbocycles. The molecule has 2 atom stereocenters. The third kappa shape index (κ3) is 2.33. The molecule has 6 nitrogen and oxygen atoms in total. The molecule has 6 heteroatoms. The maximum atomic E-state index is 12.3. The molecule has 2 aliphatic heterocycles. The molecular weight excluding hydrogens is 296 g/mol. The van der Waals surface area contributed by atoms with E-state index in [4.69, 9.17) is 9.47 Å². The predicted octanol–water partition coefficient (Wildman–Crippen LogP) is -0.0453. The van der Waals surface area contributed by atoms with E-state index in [0.29, 0.717) is 18.7 Å². The van der Waals surface area contributed by atoms with Crippen LogP contribution in [0.25, 0.3) is 12.2 Å². The second-order valence-corrected chi connectivity index (χ2v) is 7.13. The van der Waals surface area contributed by atoms with Crippen LogP contribution in [0.2, 0.25) is 0 Å². The molecule has 0 spiro atoms. The minimum Gasteiger partial charge on any atom is -0.390 e. The minimum atomic E-state index is -0.809. The van der Waals surface area contributed by atoms with Crippen molar-refractivity contribution < 1.29 is 14.6 Å². The fourth-order valence-electron chi connectivity index (χ4n) is 3.69. The summed E-state index contributed by atoms with van der Waals surface area (Å²) in [7, 11) is 0. The molecule has 1 saturated heterocycles. The van der Waals surface area contributed by atoms with Gasteiger partial charge in [-0.05, 0) is 32.8 Å². The number of H-pyrrole nitrogens is 1. The molecule has 3 heterocycles. The summed E-state index contributed by atoms with van der Waals surface area (Å²) in [5, 5.41) is 15.4. The van der Waals surface area contributed by atoms with Gasteiger partial charge in [-0.3, -0.25) is 4.79 Å². The van der Waals surface area contributed by atoms with Crippen LogP contribution in [0.1, 0.15) is 38.7 Å². The normalized spacial score (nSPS) is 32.0. The number of nitrogens with one attached hydrogen (secondary N) is 2. The summed E-state index contributed by atoms with van der Waals surface area (Å²) in [6, 6.07) is 0. The number of aromatic amines is 1. The van der Waals surface area contributed by atoms with Crippen LogP contribution in [0, 0.1) is 5.92 Å². The standard InChI is InChI=1S/C17H22N2O4/c1-8-22-16(23-8)11-7-18-14-13(11)10-6-9(17(2,3)21)4-5-12(10)19-15(14)20/h5-6,8-9,11,16,18,21H,4,7H2,1-3H3,(H,19,20). The van der Waals surface area contributed by atoms with Crippen LogP contribution < -0.4 is 21.4 Å². The second kappa shape index (κ2) is 4.93. The Morgan fingerprint density at radius 3 is 2.74 bits per heavy atom. The van der Waals surface area contributed by atoms with Crippen molar-refractivity contribution in [3.63, 3.8) is 0 Å². The zero-order valence-corrected chi connectivity index (χ0v) is 13.6. The van der Waals surface area contributed by atoms with Gasteiger partial charge in [0.15, 0.2) is 12.6 Å². The molecular formula is C17H22N2O4. The van der Waals surface area contributed by atoms with Crippen LogP contribution >= 0.6 is 0 Å². The molecule has 1 aromatic rings. The summed E-state index contributed by atoms with van der Waals surface area (Å²) in [6.45, 7) is 6.10. The van der Waals surface area contributed by atoms with Crippen molar-refractivity contribution in [1.82, 2.24) is 4.98 Å². The van der Waals surface area contributed by atoms with E-state index < -0.39 is 5.60 Å². The highest BCUT2D eigenvalue weighted by molar-refractivity contribution is 5.60. The molecule has 124 valence electrons. The minimum absolute atomic E-state index is 0.00778. The Bertz CT molecular complexity index is 815. The van der Waals surface area contributed by atoms with Gasteiger partial charge in [-0.15, -0.1) is 0 Å². The first kappa shape index (κ1) is 14.9. The van der Waals surface area contributed by atoms with Gasteiger partial charge in [0.25, 0.3) is 5.56 Å². The number of fused-ring (bicyclic) bond motifs is 3. The Balaban J connectivity index is 1.88. The summed E-state index contributed by atoms with van der Waals surface area (Å²) >= 11 is 0. The van der Waals surface area contributed by atoms with Gasteiger partial charge in [0.1, 0.15) is 5.69 Å². The fourth-order valence-corrected chi connectivity index (χ4v) is 3.69. The SMILES string of the molecule is CC1OC(C2CNc3c2c2c([nH]c3=O)=CCC(C(C)(C)O)C=2)O1. The lowest BCUT2D eigenvalue weighted by Crippen LogP contribution is -2.47. The number of rotatable bonds is 2. The van der Waals surface area contributed by atoms with Gasteiger partial charge in [-0.1, -0.05) is 12.2 Å². The fraction of sp³-hybridized carbons (Fsp3) is 0.588. The summed E-state index contributed by atoms with van der Waals surface area (Å²) in [4.78, 5) is 15.3. The van der Waals surface area contributed by atoms with Crippen LogP contribution in [0.3, 0.4) is 0 Å². The van der Waals surface area contributed by atoms with Crippen molar-refractivity contribution >= 4 is 17.8 Å². The molecule has 23 heavy (non-hydrogen) atoms. The number of aromatic nitrogens is 1. The van der Waals surface area contributed by atoms with Crippen molar-refractivity contribution in [3.05, 3.63) is 26.5 Å². The predicted molar refractivity (Wildman–Crippen MR) is 86.3 cm³/mol. The first-order valence-electron chi connectivity index (χ1n) is 8.10. The molecule has 3 aliphatic rings. The number of pyridine rings is 1. The van der Waals surface area contributed by atoms with Crippen molar-refractivity contribution in [2.45, 2.75) is 51.3 Å². The van der Waals surface area contributed by atoms with E-state index in [-0.39, 0.29) is 30.0 Å². The van der Waals surface area contributed by atoms with Crippen LogP contribution in [0.4, 0.5) is 5.69 Å². The number of hydrogen-bond donors (Lipinski definition) is 3. The van der Waals surface area contributed by atoms with Crippen molar-refractivity contribution in [2.75, 3.05) is 11.9 Å². The number of anilines is 1. The van der Waals surface area contributed by atoms with Crippen LogP contribution in [0.5, 0.6) is 0 Å². The van der Waals surface area contributed by atoms with E-state index in [0.717, 1.165) is 16.1 Å². The molecule has 0 radical (unpaired) electrons. The molecule has 3 N–H and O–H groups in total. The van der Waals surface area contributed by atoms with E-state index in [9.17, 15) is 9.90 Å². The number of hydrogen-bond acceptors (Lipinski definition) is 5. The lowest BCUT2D eigenvalue weighted by atomic mass is 9.83. The zero-order valence-electron chi connectivity index (χ0n) is 13.6. The van der Waals surface area contributed by atoms with Gasteiger partial charge in [0.2, 0.25) is 0 Å². The molecule has 0 amide bonds. The van der Waals surface area contributed by atoms with Gasteiger partial charge >= 0.3 is 0 Å². The van der Waals surface area contributed by atoms with E-state index in [1.807, 2.05) is 26.8 Å². The monoisotopic (exact) mass is 318 g/mol. The highest BCUT2D eigenvalue weighted by Gasteiger charge is 2.41. The summed E-state index contributed by atoms with van der Waals surface area (Å²) in [5.74, 6) is -0.00384. The van der Waals surface area contributed by atoms with Gasteiger partial charge in [-0.2, -0.15) is 0 Å². The Hall–Kier alpha value is -1.63. The lowest BCUT2D eigenvalue weighted by molar-refractivity contribution is -0.381. The van der Waals surface area contributed by atoms with Gasteiger partial charge in [0, 0.05) is 23.0 Å². The maximum absolute atomic E-state index is 12.3. The Labute approximate surface area is 133 Å². The van der Waals surface area contributed by atoms with Crippen LogP contribution in [-0.2, 0) is 9.47 Å². The third-order valence-corrected chi connectivity index (χ3v) is 5.03. The molecule has 1 aromatic heterocycles. The summed E-state index contributed by atoms with van der Waals surface area (Å²) in [5.41, 5.74) is 0.629. The van der Waals surface area contributed by atoms with Crippen molar-refractivity contribution in [2.24, 2.45) is 5.92 Å². The summed E-state index contributed by atoms with van der Waals surface area (Å²) < 4.78 is 11.3. The Morgan fingerprint density at radius 2 is 2.09 bits per heavy atom. The van der Waals surface area contributed by atoms with Crippen LogP contribution in [0.15, 0.2) is 4.79 Å². The van der Waals surface area contributed by atoms with Gasteiger partial charge < -0.3 is 24.9 Å². The quantitative estimate of drug-likeness (QED) is 0.712. The third-order valence-electron chi connectivity index (χ3n) is 5.03. The first-order valence-corrected chi connectivity index (χ1v) is 8.10. The number of ether oxygens (including phenoxy) is 2. The average molecular weight is 318 g/mol. The maximum Gasteiger partial charge on any atom is 0.272 e. The molecule has 1 aliphatic carbocycles. The molecule has 0 aromatic carbocycles. The summed E-state index contributed by atoms with van der Waals surface area (Å²) in [6.07, 6.45) is 4.27. The Kier molecular flexibility index (Phi) is 3.20. The van der Waals surface area contributed by atoms with Gasteiger partial charge in [-0.25, -0.2) is 0 Å². The van der Waals surface area contributed by atoms with E-state index >= 15 is 0 Å². The van der Waals surface area contributed by atoms with E-state index in [1.165, 1.54) is 0 Å². The molecule has 1 fully saturated rings. The van der Waals surface area contributed by atoms with E-state index in [1.54, 1.807) is 0 Å². The lowest BCUT2D eigenvalue weighted by Gasteiger charge is -2.37. The van der Waals surface area contributed by atoms with Crippen molar-refractivity contribution in [3.8, 4) is 0 Å². The van der Waals surface area contributed by atoms with E-state index in [2.05, 4.69) is 16.4 Å². The average Bonchev–Trinajstić information content (AvgIpc) is 2.88. The molecule has 0 bridgehead atoms. The van der Waals surface area contributed by atoms with Crippen LogP contribution in [-0.4, -0.2) is 34.8 Å². The Morgan fingerprint density at radius 1 is 1.35 bits per heavy atom. The number of aliphatic hydroxyl groups is 1. The van der Waals surface area contributed by atoms with Gasteiger partial charge in [0.05, 0.1) is 11.5 Å². The molecule has 4 rings (SSSR count). The van der Waals surface area contributed by atoms with Crippen molar-refractivity contribution in [1.29, 1.82) is 0 Å².